The van der Waals surface area contributed by atoms with Crippen molar-refractivity contribution in [3.8, 4) is 5.75 Å². The van der Waals surface area contributed by atoms with E-state index in [-0.39, 0.29) is 12.6 Å². The number of amides is 1. The van der Waals surface area contributed by atoms with Gasteiger partial charge in [-0.05, 0) is 44.0 Å². The predicted octanol–water partition coefficient (Wildman–Crippen LogP) is 4.36. The maximum Gasteiger partial charge on any atom is 0.432 e. The molecule has 1 fully saturated rings. The fraction of sp³-hybridized carbons (Fsp3) is 0.429. The van der Waals surface area contributed by atoms with Gasteiger partial charge in [-0.1, -0.05) is 23.2 Å². The average Bonchev–Trinajstić information content (AvgIpc) is 2.74. The molecule has 3 rings (SSSR count). The van der Waals surface area contributed by atoms with Crippen molar-refractivity contribution in [2.45, 2.75) is 31.5 Å². The number of alkyl halides is 3. The third kappa shape index (κ3) is 6.63. The first-order chi connectivity index (χ1) is 15.1. The first-order valence-corrected chi connectivity index (χ1v) is 10.8. The van der Waals surface area contributed by atoms with E-state index in [0.717, 1.165) is 38.1 Å². The summed E-state index contributed by atoms with van der Waals surface area (Å²) in [5.41, 5.74) is -2.86. The fourth-order valence-electron chi connectivity index (χ4n) is 3.48. The molecule has 0 saturated carbocycles. The van der Waals surface area contributed by atoms with Crippen LogP contribution < -0.4 is 15.6 Å². The lowest BCUT2D eigenvalue weighted by atomic mass is 10.1. The van der Waals surface area contributed by atoms with Crippen LogP contribution in [-0.2, 0) is 6.18 Å². The molecule has 6 nitrogen and oxygen atoms in total. The van der Waals surface area contributed by atoms with Gasteiger partial charge in [-0.25, -0.2) is 0 Å². The van der Waals surface area contributed by atoms with Crippen LogP contribution in [0.5, 0.6) is 5.75 Å². The smallest absolute Gasteiger partial charge is 0.432 e. The number of carbonyl (C=O) groups excluding carboxylic acids is 1. The summed E-state index contributed by atoms with van der Waals surface area (Å²) in [6.07, 6.45) is -2.55. The van der Waals surface area contributed by atoms with Gasteiger partial charge in [0.25, 0.3) is 5.91 Å². The van der Waals surface area contributed by atoms with Crippen LogP contribution in [0.1, 0.15) is 35.3 Å². The molecule has 0 spiro atoms. The Morgan fingerprint density at radius 3 is 2.53 bits per heavy atom. The van der Waals surface area contributed by atoms with Crippen molar-refractivity contribution in [2.75, 3.05) is 26.2 Å². The van der Waals surface area contributed by atoms with Crippen molar-refractivity contribution in [1.29, 1.82) is 0 Å². The summed E-state index contributed by atoms with van der Waals surface area (Å²) in [6.45, 7) is 2.52. The van der Waals surface area contributed by atoms with E-state index in [1.165, 1.54) is 0 Å². The fourth-order valence-corrected chi connectivity index (χ4v) is 3.77. The number of halogens is 5. The van der Waals surface area contributed by atoms with Crippen LogP contribution in [0, 0.1) is 0 Å². The van der Waals surface area contributed by atoms with E-state index in [1.807, 2.05) is 0 Å². The van der Waals surface area contributed by atoms with Gasteiger partial charge in [0.15, 0.2) is 0 Å². The number of pyridine rings is 1. The van der Waals surface area contributed by atoms with Crippen LogP contribution in [0.15, 0.2) is 35.1 Å². The van der Waals surface area contributed by atoms with Gasteiger partial charge in [-0.3, -0.25) is 9.59 Å². The predicted molar refractivity (Wildman–Crippen MR) is 116 cm³/mol. The van der Waals surface area contributed by atoms with Crippen LogP contribution in [0.25, 0.3) is 0 Å². The Kier molecular flexibility index (Phi) is 8.08. The number of rotatable bonds is 7. The Bertz CT molecular complexity index is 1010. The highest BCUT2D eigenvalue weighted by atomic mass is 35.5. The molecule has 2 aromatic rings. The van der Waals surface area contributed by atoms with Gasteiger partial charge < -0.3 is 19.9 Å². The molecular formula is C21H22Cl2F3N3O3. The molecule has 2 heterocycles. The zero-order valence-corrected chi connectivity index (χ0v) is 18.5. The molecule has 1 saturated heterocycles. The summed E-state index contributed by atoms with van der Waals surface area (Å²) in [5, 5.41) is 3.39. The van der Waals surface area contributed by atoms with Crippen molar-refractivity contribution < 1.29 is 22.7 Å². The molecule has 1 aromatic heterocycles. The number of nitrogens with one attached hydrogen (secondary N) is 2. The molecular weight excluding hydrogens is 470 g/mol. The minimum Gasteiger partial charge on any atom is -0.490 e. The lowest BCUT2D eigenvalue weighted by molar-refractivity contribution is -0.141. The zero-order chi connectivity index (χ0) is 23.3. The van der Waals surface area contributed by atoms with Gasteiger partial charge in [-0.15, -0.1) is 0 Å². The summed E-state index contributed by atoms with van der Waals surface area (Å²) in [7, 11) is 0. The first kappa shape index (κ1) is 24.4. The van der Waals surface area contributed by atoms with Gasteiger partial charge in [0.2, 0.25) is 5.56 Å². The Labute approximate surface area is 192 Å². The number of nitrogens with zero attached hydrogens (tertiary/aromatic N) is 1. The summed E-state index contributed by atoms with van der Waals surface area (Å²) in [6, 6.07) is 6.93. The Balaban J connectivity index is 1.40. The molecule has 1 amide bonds. The number of likely N-dealkylation sites (tertiary alicyclic amines) is 1. The quantitative estimate of drug-likeness (QED) is 0.564. The molecule has 0 atom stereocenters. The summed E-state index contributed by atoms with van der Waals surface area (Å²) in [4.78, 5) is 27.2. The number of aromatic amines is 1. The van der Waals surface area contributed by atoms with E-state index >= 15 is 0 Å². The van der Waals surface area contributed by atoms with E-state index in [9.17, 15) is 22.8 Å². The molecule has 2 N–H and O–H groups in total. The maximum atomic E-state index is 13.0. The van der Waals surface area contributed by atoms with E-state index in [4.69, 9.17) is 27.9 Å². The van der Waals surface area contributed by atoms with Crippen LogP contribution in [0.4, 0.5) is 13.2 Å². The molecule has 0 bridgehead atoms. The van der Waals surface area contributed by atoms with Gasteiger partial charge in [0.05, 0.1) is 15.6 Å². The van der Waals surface area contributed by atoms with Gasteiger partial charge in [0, 0.05) is 31.8 Å². The minimum absolute atomic E-state index is 0.0595. The molecule has 0 aliphatic carbocycles. The third-order valence-corrected chi connectivity index (χ3v) is 5.85. The van der Waals surface area contributed by atoms with Crippen LogP contribution in [0.2, 0.25) is 10.0 Å². The van der Waals surface area contributed by atoms with Crippen molar-refractivity contribution >= 4 is 29.1 Å². The normalized spacial score (nSPS) is 15.5. The van der Waals surface area contributed by atoms with E-state index in [1.54, 1.807) is 23.2 Å². The maximum absolute atomic E-state index is 13.0. The number of H-pyrrole nitrogens is 1. The van der Waals surface area contributed by atoms with Gasteiger partial charge in [0.1, 0.15) is 17.5 Å². The summed E-state index contributed by atoms with van der Waals surface area (Å²) >= 11 is 11.9. The Morgan fingerprint density at radius 1 is 1.16 bits per heavy atom. The minimum atomic E-state index is -4.82. The van der Waals surface area contributed by atoms with Gasteiger partial charge in [-0.2, -0.15) is 13.2 Å². The second kappa shape index (κ2) is 10.6. The molecule has 1 aliphatic rings. The molecule has 1 aliphatic heterocycles. The number of aromatic nitrogens is 1. The van der Waals surface area contributed by atoms with Crippen LogP contribution in [-0.4, -0.2) is 48.1 Å². The topological polar surface area (TPSA) is 74.4 Å². The number of hydrogen-bond donors (Lipinski definition) is 2. The average molecular weight is 492 g/mol. The van der Waals surface area contributed by atoms with Crippen molar-refractivity contribution in [3.05, 3.63) is 62.0 Å². The molecule has 1 aromatic carbocycles. The monoisotopic (exact) mass is 491 g/mol. The number of piperidine rings is 1. The third-order valence-electron chi connectivity index (χ3n) is 5.11. The molecule has 0 unspecified atom stereocenters. The first-order valence-electron chi connectivity index (χ1n) is 10.1. The molecule has 0 radical (unpaired) electrons. The molecule has 11 heteroatoms. The Hall–Kier alpha value is -2.23. The molecule has 174 valence electrons. The SMILES string of the molecule is O=C(NCCCN1CCC(Oc2ccc(Cl)c(Cl)c2)CC1)c1ccc(=O)[nH]c1C(F)(F)F. The summed E-state index contributed by atoms with van der Waals surface area (Å²) in [5.74, 6) is -0.205. The molecule has 32 heavy (non-hydrogen) atoms. The number of ether oxygens (including phenoxy) is 1. The highest BCUT2D eigenvalue weighted by Crippen LogP contribution is 2.30. The van der Waals surface area contributed by atoms with E-state index < -0.39 is 28.9 Å². The van der Waals surface area contributed by atoms with Gasteiger partial charge >= 0.3 is 6.18 Å². The second-order valence-electron chi connectivity index (χ2n) is 7.45. The number of carbonyl (C=O) groups is 1. The highest BCUT2D eigenvalue weighted by molar-refractivity contribution is 6.42. The zero-order valence-electron chi connectivity index (χ0n) is 17.0. The second-order valence-corrected chi connectivity index (χ2v) is 8.27. The van der Waals surface area contributed by atoms with Crippen LogP contribution in [0.3, 0.4) is 0 Å². The Morgan fingerprint density at radius 2 is 1.88 bits per heavy atom. The lowest BCUT2D eigenvalue weighted by Crippen LogP contribution is -2.39. The van der Waals surface area contributed by atoms with E-state index in [2.05, 4.69) is 10.2 Å². The number of hydrogen-bond acceptors (Lipinski definition) is 4. The van der Waals surface area contributed by atoms with Crippen molar-refractivity contribution in [2.24, 2.45) is 0 Å². The van der Waals surface area contributed by atoms with Crippen LogP contribution >= 0.6 is 23.2 Å². The highest BCUT2D eigenvalue weighted by Gasteiger charge is 2.36. The standard InChI is InChI=1S/C21H22Cl2F3N3O3/c22-16-4-2-14(12-17(16)23)32-13-6-10-29(11-7-13)9-1-8-27-20(31)15-3-5-18(30)28-19(15)21(24,25)26/h2-5,12-13H,1,6-11H2,(H,27,31)(H,28,30). The van der Waals surface area contributed by atoms with Crippen molar-refractivity contribution in [3.63, 3.8) is 0 Å². The lowest BCUT2D eigenvalue weighted by Gasteiger charge is -2.32. The largest absolute Gasteiger partial charge is 0.490 e. The summed E-state index contributed by atoms with van der Waals surface area (Å²) < 4.78 is 45.1. The van der Waals surface area contributed by atoms with E-state index in [0.29, 0.717) is 28.8 Å². The number of benzene rings is 1. The van der Waals surface area contributed by atoms with Crippen molar-refractivity contribution in [1.82, 2.24) is 15.2 Å².